The number of hydrogen-bond donors (Lipinski definition) is 0. The highest BCUT2D eigenvalue weighted by atomic mass is 16.5. The lowest BCUT2D eigenvalue weighted by molar-refractivity contribution is 0.0734. The summed E-state index contributed by atoms with van der Waals surface area (Å²) in [4.78, 5) is 16.7. The first kappa shape index (κ1) is 15.9. The van der Waals surface area contributed by atoms with Gasteiger partial charge in [0, 0.05) is 17.6 Å². The van der Waals surface area contributed by atoms with Gasteiger partial charge >= 0.3 is 5.97 Å². The number of nitrogens with zero attached hydrogens (tertiary/aromatic N) is 7. The van der Waals surface area contributed by atoms with Gasteiger partial charge in [-0.05, 0) is 54.6 Å². The Labute approximate surface area is 148 Å². The van der Waals surface area contributed by atoms with E-state index in [-0.39, 0.29) is 6.04 Å². The Morgan fingerprint density at radius 2 is 1.96 bits per heavy atom. The molecule has 4 aromatic rings. The summed E-state index contributed by atoms with van der Waals surface area (Å²) in [7, 11) is 0. The fourth-order valence-corrected chi connectivity index (χ4v) is 2.54. The van der Waals surface area contributed by atoms with Crippen LogP contribution >= 0.6 is 0 Å². The molecule has 9 nitrogen and oxygen atoms in total. The molecule has 0 fully saturated rings. The summed E-state index contributed by atoms with van der Waals surface area (Å²) in [6.45, 7) is 4.05. The van der Waals surface area contributed by atoms with Gasteiger partial charge in [-0.3, -0.25) is 0 Å². The Hall–Kier alpha value is -3.62. The van der Waals surface area contributed by atoms with E-state index in [2.05, 4.69) is 25.6 Å². The molecule has 4 rings (SSSR count). The summed E-state index contributed by atoms with van der Waals surface area (Å²) in [5.74, 6) is -0.0586. The maximum absolute atomic E-state index is 12.4. The van der Waals surface area contributed by atoms with Crippen molar-refractivity contribution in [1.29, 1.82) is 0 Å². The van der Waals surface area contributed by atoms with Crippen LogP contribution in [0.15, 0.2) is 49.1 Å². The highest BCUT2D eigenvalue weighted by Gasteiger charge is 2.13. The Morgan fingerprint density at radius 1 is 1.15 bits per heavy atom. The third kappa shape index (κ3) is 2.90. The van der Waals surface area contributed by atoms with Crippen molar-refractivity contribution in [3.05, 3.63) is 54.6 Å². The molecule has 130 valence electrons. The van der Waals surface area contributed by atoms with Crippen LogP contribution in [-0.2, 0) is 0 Å². The van der Waals surface area contributed by atoms with E-state index < -0.39 is 5.97 Å². The van der Waals surface area contributed by atoms with Crippen LogP contribution in [0.1, 0.15) is 30.2 Å². The highest BCUT2D eigenvalue weighted by molar-refractivity contribution is 5.94. The maximum Gasteiger partial charge on any atom is 0.345 e. The number of pyridine rings is 1. The maximum atomic E-state index is 12.4. The summed E-state index contributed by atoms with van der Waals surface area (Å²) in [5.41, 5.74) is 1.87. The third-order valence-electron chi connectivity index (χ3n) is 3.82. The molecule has 0 spiro atoms. The molecule has 0 aliphatic rings. The number of fused-ring (bicyclic) bond motifs is 1. The van der Waals surface area contributed by atoms with Crippen molar-refractivity contribution in [3.63, 3.8) is 0 Å². The van der Waals surface area contributed by atoms with Crippen LogP contribution in [0.3, 0.4) is 0 Å². The normalized spacial score (nSPS) is 11.2. The minimum absolute atomic E-state index is 0.191. The number of carbonyl (C=O) groups is 1. The lowest BCUT2D eigenvalue weighted by atomic mass is 10.2. The number of tetrazole rings is 1. The predicted octanol–water partition coefficient (Wildman–Crippen LogP) is 2.21. The van der Waals surface area contributed by atoms with Gasteiger partial charge in [0.15, 0.2) is 5.65 Å². The van der Waals surface area contributed by atoms with E-state index in [0.29, 0.717) is 11.3 Å². The molecule has 9 heteroatoms. The van der Waals surface area contributed by atoms with Crippen molar-refractivity contribution in [1.82, 2.24) is 35.0 Å². The topological polar surface area (TPSA) is 101 Å². The Kier molecular flexibility index (Phi) is 3.88. The zero-order chi connectivity index (χ0) is 18.1. The summed E-state index contributed by atoms with van der Waals surface area (Å²) in [6.07, 6.45) is 4.68. The van der Waals surface area contributed by atoms with E-state index in [4.69, 9.17) is 4.74 Å². The van der Waals surface area contributed by atoms with E-state index in [9.17, 15) is 4.79 Å². The van der Waals surface area contributed by atoms with E-state index in [1.165, 1.54) is 17.2 Å². The second kappa shape index (κ2) is 6.36. The van der Waals surface area contributed by atoms with Gasteiger partial charge in [0.1, 0.15) is 12.1 Å². The molecule has 3 aromatic heterocycles. The first-order chi connectivity index (χ1) is 12.6. The lowest BCUT2D eigenvalue weighted by Gasteiger charge is -2.07. The SMILES string of the molecule is CC(C)n1ncc2cc(C(=O)Oc3ccc(-n4cnnn4)cc3)cnc21. The Bertz CT molecular complexity index is 1050. The number of ether oxygens (including phenoxy) is 1. The van der Waals surface area contributed by atoms with Crippen LogP contribution in [0.4, 0.5) is 0 Å². The average molecular weight is 349 g/mol. The highest BCUT2D eigenvalue weighted by Crippen LogP contribution is 2.19. The monoisotopic (exact) mass is 349 g/mol. The number of benzene rings is 1. The zero-order valence-corrected chi connectivity index (χ0v) is 14.1. The lowest BCUT2D eigenvalue weighted by Crippen LogP contribution is -2.09. The summed E-state index contributed by atoms with van der Waals surface area (Å²) in [6, 6.07) is 8.79. The largest absolute Gasteiger partial charge is 0.423 e. The molecular weight excluding hydrogens is 334 g/mol. The summed E-state index contributed by atoms with van der Waals surface area (Å²) < 4.78 is 8.73. The molecule has 26 heavy (non-hydrogen) atoms. The van der Waals surface area contributed by atoms with Crippen molar-refractivity contribution in [3.8, 4) is 11.4 Å². The van der Waals surface area contributed by atoms with Gasteiger partial charge in [-0.1, -0.05) is 0 Å². The molecule has 0 aliphatic carbocycles. The molecule has 0 atom stereocenters. The van der Waals surface area contributed by atoms with Crippen LogP contribution < -0.4 is 4.74 Å². The predicted molar refractivity (Wildman–Crippen MR) is 92.0 cm³/mol. The van der Waals surface area contributed by atoms with Gasteiger partial charge in [-0.2, -0.15) is 5.10 Å². The van der Waals surface area contributed by atoms with Crippen LogP contribution in [0, 0.1) is 0 Å². The third-order valence-corrected chi connectivity index (χ3v) is 3.82. The smallest absolute Gasteiger partial charge is 0.345 e. The second-order valence-electron chi connectivity index (χ2n) is 5.96. The molecule has 0 aliphatic heterocycles. The van der Waals surface area contributed by atoms with Crippen LogP contribution in [-0.4, -0.2) is 40.9 Å². The molecule has 0 radical (unpaired) electrons. The average Bonchev–Trinajstić information content (AvgIpc) is 3.31. The van der Waals surface area contributed by atoms with Crippen LogP contribution in [0.2, 0.25) is 0 Å². The quantitative estimate of drug-likeness (QED) is 0.411. The van der Waals surface area contributed by atoms with Crippen LogP contribution in [0.25, 0.3) is 16.7 Å². The zero-order valence-electron chi connectivity index (χ0n) is 14.1. The van der Waals surface area contributed by atoms with E-state index in [0.717, 1.165) is 16.7 Å². The fourth-order valence-electron chi connectivity index (χ4n) is 2.54. The van der Waals surface area contributed by atoms with Crippen molar-refractivity contribution in [2.24, 2.45) is 0 Å². The summed E-state index contributed by atoms with van der Waals surface area (Å²) >= 11 is 0. The van der Waals surface area contributed by atoms with Gasteiger partial charge in [-0.25, -0.2) is 19.1 Å². The number of rotatable bonds is 4. The Morgan fingerprint density at radius 3 is 2.65 bits per heavy atom. The molecule has 0 N–H and O–H groups in total. The molecule has 0 bridgehead atoms. The van der Waals surface area contributed by atoms with Crippen molar-refractivity contribution in [2.75, 3.05) is 0 Å². The number of hydrogen-bond acceptors (Lipinski definition) is 7. The van der Waals surface area contributed by atoms with Gasteiger partial charge in [0.05, 0.1) is 17.4 Å². The van der Waals surface area contributed by atoms with Gasteiger partial charge < -0.3 is 4.74 Å². The van der Waals surface area contributed by atoms with E-state index in [1.807, 2.05) is 18.5 Å². The molecule has 1 aromatic carbocycles. The van der Waals surface area contributed by atoms with Gasteiger partial charge in [0.2, 0.25) is 0 Å². The van der Waals surface area contributed by atoms with E-state index in [1.54, 1.807) is 36.5 Å². The van der Waals surface area contributed by atoms with Crippen molar-refractivity contribution >= 4 is 17.0 Å². The van der Waals surface area contributed by atoms with Crippen molar-refractivity contribution in [2.45, 2.75) is 19.9 Å². The fraction of sp³-hybridized carbons (Fsp3) is 0.176. The first-order valence-corrected chi connectivity index (χ1v) is 8.00. The minimum atomic E-state index is -0.480. The van der Waals surface area contributed by atoms with Crippen molar-refractivity contribution < 1.29 is 9.53 Å². The first-order valence-electron chi connectivity index (χ1n) is 8.00. The molecule has 0 saturated heterocycles. The number of carbonyl (C=O) groups excluding carboxylic acids is 1. The molecule has 0 saturated carbocycles. The van der Waals surface area contributed by atoms with E-state index >= 15 is 0 Å². The standard InChI is InChI=1S/C17H15N7O2/c1-11(2)24-16-12(9-20-24)7-13(8-18-16)17(25)26-15-5-3-14(4-6-15)23-10-19-21-22-23/h3-11H,1-2H3. The second-order valence-corrected chi connectivity index (χ2v) is 5.96. The molecule has 3 heterocycles. The minimum Gasteiger partial charge on any atom is -0.423 e. The molecule has 0 amide bonds. The number of aromatic nitrogens is 7. The summed E-state index contributed by atoms with van der Waals surface area (Å²) in [5, 5.41) is 16.0. The number of esters is 1. The van der Waals surface area contributed by atoms with Gasteiger partial charge in [-0.15, -0.1) is 5.10 Å². The Balaban J connectivity index is 1.53. The molecule has 0 unspecified atom stereocenters. The molecular formula is C17H15N7O2. The van der Waals surface area contributed by atoms with Gasteiger partial charge in [0.25, 0.3) is 0 Å². The van der Waals surface area contributed by atoms with Crippen LogP contribution in [0.5, 0.6) is 5.75 Å².